The second-order valence-electron chi connectivity index (χ2n) is 4.98. The summed E-state index contributed by atoms with van der Waals surface area (Å²) >= 11 is 0. The Labute approximate surface area is 90.9 Å². The monoisotopic (exact) mass is 212 g/mol. The Morgan fingerprint density at radius 1 is 1.40 bits per heavy atom. The molecule has 0 aromatic rings. The minimum Gasteiger partial charge on any atom is -0.481 e. The molecule has 0 bridgehead atoms. The van der Waals surface area contributed by atoms with Gasteiger partial charge in [-0.05, 0) is 32.4 Å². The van der Waals surface area contributed by atoms with E-state index in [0.29, 0.717) is 18.4 Å². The van der Waals surface area contributed by atoms with Crippen molar-refractivity contribution >= 4 is 5.97 Å². The Balaban J connectivity index is 1.79. The third kappa shape index (κ3) is 2.69. The fourth-order valence-corrected chi connectivity index (χ4v) is 2.74. The lowest BCUT2D eigenvalue weighted by Gasteiger charge is -2.46. The molecule has 2 aliphatic heterocycles. The molecule has 1 N–H and O–H groups in total. The van der Waals surface area contributed by atoms with Gasteiger partial charge in [0.2, 0.25) is 0 Å². The van der Waals surface area contributed by atoms with Gasteiger partial charge < -0.3 is 10.0 Å². The summed E-state index contributed by atoms with van der Waals surface area (Å²) in [6, 6.07) is 0.687. The molecular formula is C11H20N2O2. The van der Waals surface area contributed by atoms with E-state index in [9.17, 15) is 4.79 Å². The van der Waals surface area contributed by atoms with E-state index in [2.05, 4.69) is 16.8 Å². The molecule has 0 saturated carbocycles. The van der Waals surface area contributed by atoms with Crippen LogP contribution in [0.5, 0.6) is 0 Å². The molecule has 2 heterocycles. The van der Waals surface area contributed by atoms with Gasteiger partial charge in [0, 0.05) is 32.1 Å². The number of carboxylic acids is 1. The number of hydrogen-bond acceptors (Lipinski definition) is 3. The Morgan fingerprint density at radius 3 is 2.73 bits per heavy atom. The summed E-state index contributed by atoms with van der Waals surface area (Å²) in [5.74, 6) is -0.269. The van der Waals surface area contributed by atoms with Crippen LogP contribution in [0.15, 0.2) is 0 Å². The van der Waals surface area contributed by atoms with E-state index in [-0.39, 0.29) is 0 Å². The zero-order chi connectivity index (χ0) is 10.8. The van der Waals surface area contributed by atoms with Crippen LogP contribution >= 0.6 is 0 Å². The highest BCUT2D eigenvalue weighted by Crippen LogP contribution is 2.24. The van der Waals surface area contributed by atoms with Crippen LogP contribution in [0.25, 0.3) is 0 Å². The van der Waals surface area contributed by atoms with Gasteiger partial charge in [0.15, 0.2) is 0 Å². The average molecular weight is 212 g/mol. The van der Waals surface area contributed by atoms with Crippen molar-refractivity contribution in [2.24, 2.45) is 5.92 Å². The zero-order valence-electron chi connectivity index (χ0n) is 9.35. The molecule has 0 aromatic carbocycles. The normalized spacial score (nSPS) is 30.1. The van der Waals surface area contributed by atoms with Crippen LogP contribution < -0.4 is 0 Å². The summed E-state index contributed by atoms with van der Waals surface area (Å²) in [7, 11) is 2.13. The molecule has 1 unspecified atom stereocenters. The summed E-state index contributed by atoms with van der Waals surface area (Å²) < 4.78 is 0. The maximum Gasteiger partial charge on any atom is 0.303 e. The van der Waals surface area contributed by atoms with Gasteiger partial charge in [-0.1, -0.05) is 0 Å². The molecule has 4 heteroatoms. The van der Waals surface area contributed by atoms with Gasteiger partial charge in [-0.25, -0.2) is 0 Å². The number of piperidine rings is 1. The van der Waals surface area contributed by atoms with Crippen LogP contribution in [0.4, 0.5) is 0 Å². The fraction of sp³-hybridized carbons (Fsp3) is 0.909. The summed E-state index contributed by atoms with van der Waals surface area (Å²) in [6.45, 7) is 4.46. The minimum atomic E-state index is -0.646. The molecule has 0 aliphatic carbocycles. The van der Waals surface area contributed by atoms with Gasteiger partial charge in [-0.3, -0.25) is 9.69 Å². The summed E-state index contributed by atoms with van der Waals surface area (Å²) in [5.41, 5.74) is 0. The van der Waals surface area contributed by atoms with Crippen molar-refractivity contribution < 1.29 is 9.90 Å². The number of hydrogen-bond donors (Lipinski definition) is 1. The lowest BCUT2D eigenvalue weighted by atomic mass is 9.92. The molecule has 1 atom stereocenters. The first-order valence-electron chi connectivity index (χ1n) is 5.79. The van der Waals surface area contributed by atoms with Crippen molar-refractivity contribution in [2.75, 3.05) is 33.2 Å². The lowest BCUT2D eigenvalue weighted by Crippen LogP contribution is -2.59. The van der Waals surface area contributed by atoms with Crippen LogP contribution in [0.3, 0.4) is 0 Å². The molecule has 0 amide bonds. The summed E-state index contributed by atoms with van der Waals surface area (Å²) in [4.78, 5) is 15.4. The van der Waals surface area contributed by atoms with Crippen LogP contribution in [0.1, 0.15) is 19.3 Å². The molecule has 0 spiro atoms. The topological polar surface area (TPSA) is 43.8 Å². The molecule has 2 aliphatic rings. The Bertz CT molecular complexity index is 239. The molecule has 4 nitrogen and oxygen atoms in total. The molecule has 15 heavy (non-hydrogen) atoms. The van der Waals surface area contributed by atoms with Gasteiger partial charge in [0.05, 0.1) is 0 Å². The number of likely N-dealkylation sites (tertiary alicyclic amines) is 2. The van der Waals surface area contributed by atoms with E-state index in [4.69, 9.17) is 5.11 Å². The maximum atomic E-state index is 10.7. The van der Waals surface area contributed by atoms with Crippen molar-refractivity contribution in [3.05, 3.63) is 0 Å². The number of carbonyl (C=O) groups is 1. The summed E-state index contributed by atoms with van der Waals surface area (Å²) in [6.07, 6.45) is 2.60. The van der Waals surface area contributed by atoms with Crippen molar-refractivity contribution in [1.82, 2.24) is 9.80 Å². The smallest absolute Gasteiger partial charge is 0.303 e. The number of carboxylic acid groups (broad SMARTS) is 1. The first-order valence-corrected chi connectivity index (χ1v) is 5.79. The van der Waals surface area contributed by atoms with Crippen LogP contribution in [-0.4, -0.2) is 60.1 Å². The van der Waals surface area contributed by atoms with Gasteiger partial charge in [-0.2, -0.15) is 0 Å². The van der Waals surface area contributed by atoms with Crippen LogP contribution in [-0.2, 0) is 4.79 Å². The summed E-state index contributed by atoms with van der Waals surface area (Å²) in [5, 5.41) is 8.78. The first kappa shape index (κ1) is 10.9. The van der Waals surface area contributed by atoms with E-state index < -0.39 is 5.97 Å². The van der Waals surface area contributed by atoms with Crippen molar-refractivity contribution in [3.63, 3.8) is 0 Å². The van der Waals surface area contributed by atoms with E-state index in [0.717, 1.165) is 39.0 Å². The number of nitrogens with zero attached hydrogens (tertiary/aromatic N) is 2. The van der Waals surface area contributed by atoms with Crippen LogP contribution in [0, 0.1) is 5.92 Å². The molecular weight excluding hydrogens is 192 g/mol. The Kier molecular flexibility index (Phi) is 3.26. The third-order valence-electron chi connectivity index (χ3n) is 3.57. The van der Waals surface area contributed by atoms with Crippen LogP contribution in [0.2, 0.25) is 0 Å². The Hall–Kier alpha value is -0.610. The second-order valence-corrected chi connectivity index (χ2v) is 4.98. The van der Waals surface area contributed by atoms with E-state index in [1.807, 2.05) is 0 Å². The highest BCUT2D eigenvalue weighted by molar-refractivity contribution is 5.67. The van der Waals surface area contributed by atoms with Crippen molar-refractivity contribution in [2.45, 2.75) is 25.3 Å². The molecule has 0 radical (unpaired) electrons. The highest BCUT2D eigenvalue weighted by atomic mass is 16.4. The number of likely N-dealkylation sites (N-methyl/N-ethyl adjacent to an activating group) is 1. The SMILES string of the molecule is CN1CC(N2CCCC(CC(=O)O)C2)C1. The average Bonchev–Trinajstić information content (AvgIpc) is 2.12. The first-order chi connectivity index (χ1) is 7.15. The number of aliphatic carboxylic acids is 1. The number of rotatable bonds is 3. The van der Waals surface area contributed by atoms with Crippen molar-refractivity contribution in [3.8, 4) is 0 Å². The predicted octanol–water partition coefficient (Wildman–Crippen LogP) is 0.487. The standard InChI is InChI=1S/C11H20N2O2/c1-12-7-10(8-12)13-4-2-3-9(6-13)5-11(14)15/h9-10H,2-8H2,1H3,(H,14,15). The lowest BCUT2D eigenvalue weighted by molar-refractivity contribution is -0.138. The molecule has 2 saturated heterocycles. The highest BCUT2D eigenvalue weighted by Gasteiger charge is 2.32. The fourth-order valence-electron chi connectivity index (χ4n) is 2.74. The largest absolute Gasteiger partial charge is 0.481 e. The zero-order valence-corrected chi connectivity index (χ0v) is 9.35. The maximum absolute atomic E-state index is 10.7. The van der Waals surface area contributed by atoms with E-state index in [1.54, 1.807) is 0 Å². The third-order valence-corrected chi connectivity index (χ3v) is 3.57. The van der Waals surface area contributed by atoms with E-state index >= 15 is 0 Å². The predicted molar refractivity (Wildman–Crippen MR) is 57.8 cm³/mol. The molecule has 2 rings (SSSR count). The van der Waals surface area contributed by atoms with Gasteiger partial charge in [0.1, 0.15) is 0 Å². The van der Waals surface area contributed by atoms with Crippen molar-refractivity contribution in [1.29, 1.82) is 0 Å². The Morgan fingerprint density at radius 2 is 2.13 bits per heavy atom. The van der Waals surface area contributed by atoms with E-state index in [1.165, 1.54) is 0 Å². The second kappa shape index (κ2) is 4.49. The van der Waals surface area contributed by atoms with Gasteiger partial charge in [-0.15, -0.1) is 0 Å². The quantitative estimate of drug-likeness (QED) is 0.739. The molecule has 2 fully saturated rings. The molecule has 86 valence electrons. The minimum absolute atomic E-state index is 0.346. The van der Waals surface area contributed by atoms with Gasteiger partial charge in [0.25, 0.3) is 0 Å². The molecule has 0 aromatic heterocycles. The van der Waals surface area contributed by atoms with Gasteiger partial charge >= 0.3 is 5.97 Å².